The first-order chi connectivity index (χ1) is 15.7. The van der Waals surface area contributed by atoms with Crippen molar-refractivity contribution in [1.29, 1.82) is 0 Å². The van der Waals surface area contributed by atoms with Gasteiger partial charge in [0.15, 0.2) is 0 Å². The number of carbonyl (C=O) groups is 3. The van der Waals surface area contributed by atoms with E-state index in [1.54, 1.807) is 12.1 Å². The molecule has 3 rings (SSSR count). The van der Waals surface area contributed by atoms with Crippen molar-refractivity contribution in [3.8, 4) is 0 Å². The van der Waals surface area contributed by atoms with Crippen LogP contribution in [0, 0.1) is 0 Å². The van der Waals surface area contributed by atoms with Gasteiger partial charge in [-0.15, -0.1) is 0 Å². The summed E-state index contributed by atoms with van der Waals surface area (Å²) in [5.41, 5.74) is 4.75. The number of aldehydes is 1. The predicted octanol–water partition coefficient (Wildman–Crippen LogP) is 4.28. The van der Waals surface area contributed by atoms with Crippen molar-refractivity contribution in [2.45, 2.75) is 25.7 Å². The van der Waals surface area contributed by atoms with E-state index in [0.29, 0.717) is 6.29 Å². The number of hydrazine groups is 1. The number of rotatable bonds is 8. The molecule has 7 heteroatoms. The predicted molar refractivity (Wildman–Crippen MR) is 118 cm³/mol. The van der Waals surface area contributed by atoms with Crippen molar-refractivity contribution >= 4 is 18.5 Å². The van der Waals surface area contributed by atoms with E-state index in [0.717, 1.165) is 21.7 Å². The topological polar surface area (TPSA) is 84.9 Å². The van der Waals surface area contributed by atoms with E-state index in [1.165, 1.54) is 0 Å². The van der Waals surface area contributed by atoms with Gasteiger partial charge in [0.25, 0.3) is 0 Å². The molecule has 0 spiro atoms. The average molecular weight is 432 g/mol. The summed E-state index contributed by atoms with van der Waals surface area (Å²) in [5, 5.41) is 0.871. The van der Waals surface area contributed by atoms with E-state index in [1.807, 2.05) is 78.9 Å². The highest BCUT2D eigenvalue weighted by Crippen LogP contribution is 2.10. The number of hydrogen-bond acceptors (Lipinski definition) is 5. The van der Waals surface area contributed by atoms with Gasteiger partial charge < -0.3 is 14.3 Å². The van der Waals surface area contributed by atoms with Gasteiger partial charge in [-0.3, -0.25) is 0 Å². The molecule has 7 nitrogen and oxygen atoms in total. The summed E-state index contributed by atoms with van der Waals surface area (Å²) in [6, 6.07) is 26.4. The maximum absolute atomic E-state index is 12.8. The van der Waals surface area contributed by atoms with Gasteiger partial charge in [-0.05, 0) is 16.7 Å². The Kier molecular flexibility index (Phi) is 8.39. The van der Waals surface area contributed by atoms with Crippen LogP contribution in [0.3, 0.4) is 0 Å². The summed E-state index contributed by atoms with van der Waals surface area (Å²) in [6.45, 7) is 0.0118. The van der Waals surface area contributed by atoms with E-state index in [2.05, 4.69) is 5.43 Å². The molecule has 0 aliphatic heterocycles. The summed E-state index contributed by atoms with van der Waals surface area (Å²) in [7, 11) is 0. The van der Waals surface area contributed by atoms with E-state index in [4.69, 9.17) is 9.47 Å². The molecule has 1 atom stereocenters. The first-order valence-corrected chi connectivity index (χ1v) is 10.1. The quantitative estimate of drug-likeness (QED) is 0.424. The molecule has 32 heavy (non-hydrogen) atoms. The molecule has 0 saturated carbocycles. The molecule has 164 valence electrons. The summed E-state index contributed by atoms with van der Waals surface area (Å²) >= 11 is 0. The van der Waals surface area contributed by atoms with Gasteiger partial charge in [0.2, 0.25) is 0 Å². The van der Waals surface area contributed by atoms with Crippen LogP contribution >= 0.6 is 0 Å². The Morgan fingerprint density at radius 1 is 0.750 bits per heavy atom. The van der Waals surface area contributed by atoms with Crippen LogP contribution in [0.4, 0.5) is 9.59 Å². The van der Waals surface area contributed by atoms with Crippen LogP contribution < -0.4 is 5.43 Å². The molecule has 0 heterocycles. The SMILES string of the molecule is O=C[C@H](Cc1ccccc1)N(NC(=O)OCc1ccccc1)C(=O)OCc1ccccc1. The monoisotopic (exact) mass is 432 g/mol. The molecule has 0 unspecified atom stereocenters. The minimum Gasteiger partial charge on any atom is -0.443 e. The Hall–Kier alpha value is -4.13. The van der Waals surface area contributed by atoms with E-state index < -0.39 is 18.2 Å². The van der Waals surface area contributed by atoms with E-state index >= 15 is 0 Å². The van der Waals surface area contributed by atoms with Crippen molar-refractivity contribution in [3.63, 3.8) is 0 Å². The van der Waals surface area contributed by atoms with Crippen molar-refractivity contribution in [3.05, 3.63) is 108 Å². The fraction of sp³-hybridized carbons (Fsp3) is 0.160. The molecule has 1 N–H and O–H groups in total. The fourth-order valence-corrected chi connectivity index (χ4v) is 2.96. The number of hydrogen-bond donors (Lipinski definition) is 1. The Balaban J connectivity index is 1.68. The molecule has 0 fully saturated rings. The molecule has 0 aromatic heterocycles. The van der Waals surface area contributed by atoms with Crippen molar-refractivity contribution < 1.29 is 23.9 Å². The van der Waals surface area contributed by atoms with Gasteiger partial charge in [-0.2, -0.15) is 0 Å². The fourth-order valence-electron chi connectivity index (χ4n) is 2.96. The summed E-state index contributed by atoms with van der Waals surface area (Å²) < 4.78 is 10.5. The maximum Gasteiger partial charge on any atom is 0.429 e. The molecule has 0 aliphatic carbocycles. The third-order valence-electron chi connectivity index (χ3n) is 4.60. The molecule has 0 aliphatic rings. The summed E-state index contributed by atoms with van der Waals surface area (Å²) in [4.78, 5) is 37.0. The van der Waals surface area contributed by atoms with Gasteiger partial charge in [-0.1, -0.05) is 91.0 Å². The molecule has 0 bridgehead atoms. The zero-order valence-corrected chi connectivity index (χ0v) is 17.4. The van der Waals surface area contributed by atoms with E-state index in [9.17, 15) is 14.4 Å². The molecular formula is C25H24N2O5. The van der Waals surface area contributed by atoms with E-state index in [-0.39, 0.29) is 19.6 Å². The summed E-state index contributed by atoms with van der Waals surface area (Å²) in [5.74, 6) is 0. The van der Waals surface area contributed by atoms with Crippen molar-refractivity contribution in [2.75, 3.05) is 0 Å². The minimum absolute atomic E-state index is 0.00612. The van der Waals surface area contributed by atoms with Crippen LogP contribution in [-0.2, 0) is 33.9 Å². The first-order valence-electron chi connectivity index (χ1n) is 10.1. The normalized spacial score (nSPS) is 11.1. The number of nitrogens with one attached hydrogen (secondary N) is 1. The zero-order valence-electron chi connectivity index (χ0n) is 17.4. The second-order valence-corrected chi connectivity index (χ2v) is 6.98. The smallest absolute Gasteiger partial charge is 0.429 e. The Labute approximate surface area is 186 Å². The van der Waals surface area contributed by atoms with Gasteiger partial charge in [0.05, 0.1) is 0 Å². The van der Waals surface area contributed by atoms with Gasteiger partial charge in [0.1, 0.15) is 25.5 Å². The Morgan fingerprint density at radius 2 is 1.22 bits per heavy atom. The number of amides is 2. The third kappa shape index (κ3) is 6.98. The van der Waals surface area contributed by atoms with Crippen molar-refractivity contribution in [2.24, 2.45) is 0 Å². The lowest BCUT2D eigenvalue weighted by Gasteiger charge is -2.27. The maximum atomic E-state index is 12.8. The molecule has 3 aromatic rings. The largest absolute Gasteiger partial charge is 0.443 e. The minimum atomic E-state index is -0.982. The lowest BCUT2D eigenvalue weighted by molar-refractivity contribution is -0.112. The zero-order chi connectivity index (χ0) is 22.6. The average Bonchev–Trinajstić information content (AvgIpc) is 2.85. The Morgan fingerprint density at radius 3 is 1.72 bits per heavy atom. The Bertz CT molecular complexity index is 997. The highest BCUT2D eigenvalue weighted by Gasteiger charge is 2.28. The number of ether oxygens (including phenoxy) is 2. The van der Waals surface area contributed by atoms with Gasteiger partial charge in [-0.25, -0.2) is 20.0 Å². The van der Waals surface area contributed by atoms with Gasteiger partial charge in [0, 0.05) is 6.42 Å². The lowest BCUT2D eigenvalue weighted by atomic mass is 10.1. The van der Waals surface area contributed by atoms with Crippen molar-refractivity contribution in [1.82, 2.24) is 10.4 Å². The van der Waals surface area contributed by atoms with Gasteiger partial charge >= 0.3 is 12.2 Å². The first kappa shape index (κ1) is 22.6. The molecule has 3 aromatic carbocycles. The molecular weight excluding hydrogens is 408 g/mol. The van der Waals surface area contributed by atoms with Crippen LogP contribution in [0.2, 0.25) is 0 Å². The number of carbonyl (C=O) groups excluding carboxylic acids is 3. The molecule has 0 radical (unpaired) electrons. The third-order valence-corrected chi connectivity index (χ3v) is 4.60. The number of nitrogens with zero attached hydrogens (tertiary/aromatic N) is 1. The van der Waals surface area contributed by atoms with Crippen LogP contribution in [0.1, 0.15) is 16.7 Å². The lowest BCUT2D eigenvalue weighted by Crippen LogP contribution is -2.53. The molecule has 0 saturated heterocycles. The molecule has 2 amide bonds. The second-order valence-electron chi connectivity index (χ2n) is 6.98. The standard InChI is InChI=1S/C25H24N2O5/c28-17-23(16-20-10-4-1-5-11-20)27(25(30)32-19-22-14-8-3-9-15-22)26-24(29)31-18-21-12-6-2-7-13-21/h1-15,17,23H,16,18-19H2,(H,26,29)/t23-/m0/s1. The highest BCUT2D eigenvalue weighted by atomic mass is 16.6. The van der Waals surface area contributed by atoms with Crippen LogP contribution in [0.15, 0.2) is 91.0 Å². The van der Waals surface area contributed by atoms with Crippen LogP contribution in [0.5, 0.6) is 0 Å². The second kappa shape index (κ2) is 11.9. The summed E-state index contributed by atoms with van der Waals surface area (Å²) in [6.07, 6.45) is -0.943. The van der Waals surface area contributed by atoms with Crippen LogP contribution in [0.25, 0.3) is 0 Å². The highest BCUT2D eigenvalue weighted by molar-refractivity contribution is 5.77. The number of benzene rings is 3. The van der Waals surface area contributed by atoms with Crippen LogP contribution in [-0.4, -0.2) is 29.5 Å².